The number of ketones is 1. The summed E-state index contributed by atoms with van der Waals surface area (Å²) in [5, 5.41) is 13.6. The molecule has 1 aromatic heterocycles. The maximum absolute atomic E-state index is 13.6. The van der Waals surface area contributed by atoms with Gasteiger partial charge in [0.15, 0.2) is 23.9 Å². The number of aromatic amines is 1. The zero-order chi connectivity index (χ0) is 24.2. The summed E-state index contributed by atoms with van der Waals surface area (Å²) >= 11 is 0. The number of benzene rings is 2. The first kappa shape index (κ1) is 22.8. The lowest BCUT2D eigenvalue weighted by Crippen LogP contribution is -2.29. The Morgan fingerprint density at radius 2 is 1.71 bits per heavy atom. The van der Waals surface area contributed by atoms with Gasteiger partial charge in [-0.25, -0.2) is 4.98 Å². The summed E-state index contributed by atoms with van der Waals surface area (Å²) < 4.78 is 15.8. The lowest BCUT2D eigenvalue weighted by molar-refractivity contribution is -0.378. The van der Waals surface area contributed by atoms with Crippen molar-refractivity contribution in [2.75, 3.05) is 21.3 Å². The summed E-state index contributed by atoms with van der Waals surface area (Å²) in [7, 11) is 4.50. The molecule has 2 heterocycles. The van der Waals surface area contributed by atoms with Crippen molar-refractivity contribution in [3.8, 4) is 17.2 Å². The van der Waals surface area contributed by atoms with E-state index in [9.17, 15) is 14.7 Å². The van der Waals surface area contributed by atoms with Crippen LogP contribution in [-0.4, -0.2) is 37.9 Å². The maximum atomic E-state index is 13.6. The molecule has 3 aromatic rings. The molecular weight excluding hydrogens is 436 g/mol. The minimum Gasteiger partial charge on any atom is -0.872 e. The van der Waals surface area contributed by atoms with E-state index in [0.717, 1.165) is 5.56 Å². The number of ether oxygens (including phenoxy) is 3. The van der Waals surface area contributed by atoms with E-state index < -0.39 is 23.5 Å². The number of carbonyl (C=O) groups is 2. The number of nitrogens with one attached hydrogen (secondary N) is 1. The molecule has 1 atom stereocenters. The van der Waals surface area contributed by atoms with E-state index in [0.29, 0.717) is 22.8 Å². The molecule has 2 aromatic carbocycles. The lowest BCUT2D eigenvalue weighted by atomic mass is 9.95. The van der Waals surface area contributed by atoms with Crippen LogP contribution in [0.3, 0.4) is 0 Å². The van der Waals surface area contributed by atoms with Crippen LogP contribution in [0.25, 0.3) is 5.76 Å². The van der Waals surface area contributed by atoms with Gasteiger partial charge in [0.2, 0.25) is 5.78 Å². The molecule has 0 bridgehead atoms. The van der Waals surface area contributed by atoms with Crippen LogP contribution in [0.5, 0.6) is 17.2 Å². The average molecular weight is 460 g/mol. The number of nitrogens with zero attached hydrogens (tertiary/aromatic N) is 1. The number of carbonyl (C=O) groups excluding carboxylic acids is 2. The van der Waals surface area contributed by atoms with Crippen molar-refractivity contribution >= 4 is 17.4 Å². The number of pyridine rings is 1. The standard InChI is InChI=1S/C26H24N2O6/c1-32-19-9-6-17(7-10-19)23-22(24(29)18-8-11-20(33-2)21(13-18)34-3)25(30)26(31)28(23)15-16-5-4-12-27-14-16/h4-14,23,29H,15H2,1-3H3/b24-22+. The van der Waals surface area contributed by atoms with Crippen LogP contribution in [0.2, 0.25) is 0 Å². The minimum atomic E-state index is -0.855. The highest BCUT2D eigenvalue weighted by atomic mass is 16.5. The maximum Gasteiger partial charge on any atom is 0.295 e. The number of amides is 1. The molecule has 1 fully saturated rings. The second kappa shape index (κ2) is 9.66. The number of aromatic nitrogens is 1. The highest BCUT2D eigenvalue weighted by molar-refractivity contribution is 6.46. The summed E-state index contributed by atoms with van der Waals surface area (Å²) in [5.41, 5.74) is 1.54. The van der Waals surface area contributed by atoms with Crippen molar-refractivity contribution in [1.29, 1.82) is 0 Å². The number of likely N-dealkylation sites (tertiary alicyclic amines) is 1. The molecule has 1 saturated heterocycles. The number of H-pyrrole nitrogens is 1. The molecule has 1 aliphatic heterocycles. The van der Waals surface area contributed by atoms with Crippen LogP contribution < -0.4 is 24.3 Å². The third-order valence-electron chi connectivity index (χ3n) is 5.73. The Bertz CT molecular complexity index is 1240. The van der Waals surface area contributed by atoms with E-state index in [-0.39, 0.29) is 17.7 Å². The van der Waals surface area contributed by atoms with Crippen molar-refractivity contribution in [2.45, 2.75) is 12.6 Å². The molecule has 0 spiro atoms. The largest absolute Gasteiger partial charge is 0.872 e. The van der Waals surface area contributed by atoms with Crippen LogP contribution in [0.4, 0.5) is 0 Å². The Morgan fingerprint density at radius 3 is 2.32 bits per heavy atom. The van der Waals surface area contributed by atoms with Gasteiger partial charge in [0, 0.05) is 17.2 Å². The first-order valence-corrected chi connectivity index (χ1v) is 10.6. The lowest BCUT2D eigenvalue weighted by Gasteiger charge is -2.27. The van der Waals surface area contributed by atoms with E-state index in [1.165, 1.54) is 25.2 Å². The van der Waals surface area contributed by atoms with Gasteiger partial charge in [-0.1, -0.05) is 24.0 Å². The Labute approximate surface area is 197 Å². The fourth-order valence-corrected chi connectivity index (χ4v) is 4.02. The van der Waals surface area contributed by atoms with Gasteiger partial charge in [0.05, 0.1) is 33.9 Å². The zero-order valence-corrected chi connectivity index (χ0v) is 19.0. The van der Waals surface area contributed by atoms with Crippen LogP contribution in [0, 0.1) is 0 Å². The molecule has 1 N–H and O–H groups in total. The number of hydrogen-bond acceptors (Lipinski definition) is 6. The smallest absolute Gasteiger partial charge is 0.295 e. The van der Waals surface area contributed by atoms with E-state index >= 15 is 0 Å². The molecule has 34 heavy (non-hydrogen) atoms. The molecule has 0 aliphatic carbocycles. The Balaban J connectivity index is 1.86. The Morgan fingerprint density at radius 1 is 0.971 bits per heavy atom. The summed E-state index contributed by atoms with van der Waals surface area (Å²) in [4.78, 5) is 30.7. The molecule has 4 rings (SSSR count). The van der Waals surface area contributed by atoms with Gasteiger partial charge in [-0.3, -0.25) is 9.59 Å². The van der Waals surface area contributed by atoms with E-state index in [1.807, 2.05) is 6.07 Å². The normalized spacial score (nSPS) is 17.0. The van der Waals surface area contributed by atoms with Gasteiger partial charge >= 0.3 is 0 Å². The molecule has 174 valence electrons. The first-order valence-electron chi connectivity index (χ1n) is 10.6. The zero-order valence-electron chi connectivity index (χ0n) is 19.0. The van der Waals surface area contributed by atoms with Crippen LogP contribution in [0.15, 0.2) is 72.6 Å². The third kappa shape index (κ3) is 4.17. The van der Waals surface area contributed by atoms with Gasteiger partial charge in [-0.2, -0.15) is 0 Å². The molecule has 0 saturated carbocycles. The Hall–Kier alpha value is -4.33. The monoisotopic (exact) mass is 460 g/mol. The molecule has 8 nitrogen and oxygen atoms in total. The Kier molecular flexibility index (Phi) is 6.49. The van der Waals surface area contributed by atoms with Crippen molar-refractivity contribution in [2.24, 2.45) is 0 Å². The van der Waals surface area contributed by atoms with Crippen LogP contribution in [-0.2, 0) is 16.1 Å². The molecule has 1 amide bonds. The number of methoxy groups -OCH3 is 3. The van der Waals surface area contributed by atoms with Gasteiger partial charge in [0.25, 0.3) is 5.91 Å². The highest BCUT2D eigenvalue weighted by Gasteiger charge is 2.44. The SMILES string of the molecule is COc1ccc(C2/C(=C(\[O-])c3ccc(OC)c(OC)c3)C(=O)C(=O)N2Cc2ccc[nH+]c2)cc1. The van der Waals surface area contributed by atoms with Gasteiger partial charge < -0.3 is 24.2 Å². The number of rotatable bonds is 7. The van der Waals surface area contributed by atoms with Crippen molar-refractivity contribution in [3.05, 3.63) is 89.3 Å². The molecule has 0 radical (unpaired) electrons. The van der Waals surface area contributed by atoms with Crippen molar-refractivity contribution in [3.63, 3.8) is 0 Å². The molecule has 1 unspecified atom stereocenters. The topological polar surface area (TPSA) is 102 Å². The summed E-state index contributed by atoms with van der Waals surface area (Å²) in [6, 6.07) is 14.4. The quantitative estimate of drug-likeness (QED) is 0.303. The predicted molar refractivity (Wildman–Crippen MR) is 121 cm³/mol. The van der Waals surface area contributed by atoms with Crippen molar-refractivity contribution < 1.29 is 33.9 Å². The number of hydrogen-bond donors (Lipinski definition) is 0. The fraction of sp³-hybridized carbons (Fsp3) is 0.192. The van der Waals surface area contributed by atoms with E-state index in [4.69, 9.17) is 14.2 Å². The van der Waals surface area contributed by atoms with Gasteiger partial charge in [-0.15, -0.1) is 0 Å². The highest BCUT2D eigenvalue weighted by Crippen LogP contribution is 2.41. The van der Waals surface area contributed by atoms with Gasteiger partial charge in [0.1, 0.15) is 5.75 Å². The summed E-state index contributed by atoms with van der Waals surface area (Å²) in [6.45, 7) is 0.154. The molecule has 1 aliphatic rings. The van der Waals surface area contributed by atoms with Crippen molar-refractivity contribution in [1.82, 2.24) is 4.90 Å². The fourth-order valence-electron chi connectivity index (χ4n) is 4.02. The first-order chi connectivity index (χ1) is 16.5. The average Bonchev–Trinajstić information content (AvgIpc) is 3.13. The predicted octanol–water partition coefficient (Wildman–Crippen LogP) is 1.95. The summed E-state index contributed by atoms with van der Waals surface area (Å²) in [5.74, 6) is -0.664. The third-order valence-corrected chi connectivity index (χ3v) is 5.73. The van der Waals surface area contributed by atoms with Crippen LogP contribution >= 0.6 is 0 Å². The number of Topliss-reactive ketones (excluding diaryl/α,β-unsaturated/α-hetero) is 1. The van der Waals surface area contributed by atoms with E-state index in [1.54, 1.807) is 62.0 Å². The second-order valence-electron chi connectivity index (χ2n) is 7.66. The van der Waals surface area contributed by atoms with Gasteiger partial charge in [-0.05, 0) is 41.5 Å². The minimum absolute atomic E-state index is 0.109. The van der Waals surface area contributed by atoms with E-state index in [2.05, 4.69) is 4.98 Å². The van der Waals surface area contributed by atoms with Crippen LogP contribution in [0.1, 0.15) is 22.7 Å². The second-order valence-corrected chi connectivity index (χ2v) is 7.66. The summed E-state index contributed by atoms with van der Waals surface area (Å²) in [6.07, 6.45) is 3.50. The molecular formula is C26H24N2O6. The molecule has 8 heteroatoms.